The van der Waals surface area contributed by atoms with Crippen LogP contribution in [-0.2, 0) is 24.0 Å². The Labute approximate surface area is 410 Å². The number of aromatic amines is 2. The molecule has 0 aliphatic carbocycles. The van der Waals surface area contributed by atoms with E-state index in [1.807, 2.05) is 42.5 Å². The van der Waals surface area contributed by atoms with Crippen molar-refractivity contribution in [2.24, 2.45) is 10.8 Å². The summed E-state index contributed by atoms with van der Waals surface area (Å²) >= 11 is 8.01. The zero-order chi connectivity index (χ0) is 50.3. The van der Waals surface area contributed by atoms with Gasteiger partial charge in [-0.15, -0.1) is 0 Å². The fraction of sp³-hybridized carbons (Fsp3) is 0.478. The molecule has 23 heteroatoms. The number of imidazole rings is 2. The predicted octanol–water partition coefficient (Wildman–Crippen LogP) is 10.8. The van der Waals surface area contributed by atoms with Crippen molar-refractivity contribution >= 4 is 80.4 Å². The Balaban J connectivity index is 1.07. The molecule has 0 spiro atoms. The van der Waals surface area contributed by atoms with Crippen molar-refractivity contribution in [3.63, 3.8) is 0 Å². The molecule has 69 heavy (non-hydrogen) atoms. The maximum atomic E-state index is 14.3. The zero-order valence-corrected chi connectivity index (χ0v) is 41.1. The molecule has 3 aliphatic rings. The number of likely N-dealkylation sites (tertiary alicyclic amines) is 2. The van der Waals surface area contributed by atoms with Crippen molar-refractivity contribution in [3.8, 4) is 28.1 Å². The number of carbonyl (C=O) groups is 4. The fourth-order valence-corrected chi connectivity index (χ4v) is 10.00. The largest absolute Gasteiger partial charge is 0.488 e. The zero-order valence-electron chi connectivity index (χ0n) is 38.2. The summed E-state index contributed by atoms with van der Waals surface area (Å²) in [4.78, 5) is 71.4. The van der Waals surface area contributed by atoms with Crippen LogP contribution in [0.15, 0.2) is 42.5 Å². The molecule has 0 bridgehead atoms. The van der Waals surface area contributed by atoms with Gasteiger partial charge in [0.1, 0.15) is 46.9 Å². The Kier molecular flexibility index (Phi) is 13.0. The van der Waals surface area contributed by atoms with Crippen molar-refractivity contribution in [3.05, 3.63) is 64.8 Å². The summed E-state index contributed by atoms with van der Waals surface area (Å²) in [5.41, 5.74) is -0.736. The third-order valence-corrected chi connectivity index (χ3v) is 14.6. The van der Waals surface area contributed by atoms with Gasteiger partial charge >= 0.3 is 24.5 Å². The lowest BCUT2D eigenvalue weighted by Crippen LogP contribution is -2.60. The summed E-state index contributed by atoms with van der Waals surface area (Å²) in [6.07, 6.45) is -10.4. The van der Waals surface area contributed by atoms with Crippen LogP contribution in [0.2, 0.25) is 5.15 Å². The maximum absolute atomic E-state index is 14.3. The molecule has 2 fully saturated rings. The molecular weight excluding hydrogens is 1050 g/mol. The number of benzene rings is 3. The molecule has 3 aromatic carbocycles. The number of methoxy groups -OCH3 is 1. The van der Waals surface area contributed by atoms with Crippen molar-refractivity contribution in [2.45, 2.75) is 122 Å². The molecule has 5 heterocycles. The Morgan fingerprint density at radius 2 is 1.35 bits per heavy atom. The van der Waals surface area contributed by atoms with Crippen LogP contribution in [0.5, 0.6) is 5.75 Å². The van der Waals surface area contributed by atoms with E-state index in [4.69, 9.17) is 26.3 Å². The van der Waals surface area contributed by atoms with Crippen LogP contribution in [0.4, 0.5) is 35.9 Å². The minimum Gasteiger partial charge on any atom is -0.488 e. The number of hydrogen-bond acceptors (Lipinski definition) is 9. The number of nitrogens with zero attached hydrogens (tertiary/aromatic N) is 4. The Morgan fingerprint density at radius 1 is 0.783 bits per heavy atom. The van der Waals surface area contributed by atoms with E-state index in [0.717, 1.165) is 62.3 Å². The smallest absolute Gasteiger partial charge is 0.417 e. The number of alkyl halides is 6. The van der Waals surface area contributed by atoms with Gasteiger partial charge in [0.15, 0.2) is 23.0 Å². The highest BCUT2D eigenvalue weighted by molar-refractivity contribution is 14.1. The van der Waals surface area contributed by atoms with Gasteiger partial charge in [0, 0.05) is 28.6 Å². The average molecular weight is 1100 g/mol. The number of ether oxygens (including phenoxy) is 2. The molecule has 5 aromatic rings. The van der Waals surface area contributed by atoms with Gasteiger partial charge in [0.2, 0.25) is 11.8 Å². The Morgan fingerprint density at radius 3 is 1.90 bits per heavy atom. The molecule has 6 atom stereocenters. The number of hydrogen-bond donors (Lipinski definition) is 4. The number of rotatable bonds is 9. The van der Waals surface area contributed by atoms with Gasteiger partial charge in [-0.25, -0.2) is 19.6 Å². The quantitative estimate of drug-likeness (QED) is 0.0824. The fourth-order valence-electron chi connectivity index (χ4n) is 9.62. The average Bonchev–Trinajstić information content (AvgIpc) is 4.09. The summed E-state index contributed by atoms with van der Waals surface area (Å²) in [6, 6.07) is 6.66. The summed E-state index contributed by atoms with van der Waals surface area (Å²) in [7, 11) is 0.996. The lowest BCUT2D eigenvalue weighted by Gasteiger charge is -2.39. The van der Waals surface area contributed by atoms with E-state index in [1.54, 1.807) is 13.8 Å². The Bertz CT molecular complexity index is 2870. The Hall–Kier alpha value is -5.52. The molecule has 0 unspecified atom stereocenters. The number of halogens is 8. The van der Waals surface area contributed by atoms with Crippen LogP contribution in [-0.4, -0.2) is 97.4 Å². The van der Waals surface area contributed by atoms with Crippen LogP contribution < -0.4 is 15.4 Å². The SMILES string of the molecule is COC(=O)N[C@H](C(=O)N1[C@@H](C)CC[C@H]1c1nc(-c2ccc3c(c2)COc2cc4c(ccc5[nH]c([C@@H]6CC[C@H](C)N6C(=O)[C@@H](NC(=O)OI)C(C)(C)C(F)(F)F)nc54)cc2-3)c(Cl)[nH]1)C(C)(C)C(F)(F)F. The van der Waals surface area contributed by atoms with E-state index in [0.29, 0.717) is 59.5 Å². The first-order chi connectivity index (χ1) is 32.3. The molecular formula is C46H48ClF6IN8O7. The molecule has 0 saturated carbocycles. The molecule has 0 radical (unpaired) electrons. The van der Waals surface area contributed by atoms with Crippen molar-refractivity contribution in [1.29, 1.82) is 0 Å². The van der Waals surface area contributed by atoms with Gasteiger partial charge in [-0.3, -0.25) is 9.59 Å². The molecule has 2 saturated heterocycles. The van der Waals surface area contributed by atoms with E-state index >= 15 is 0 Å². The van der Waals surface area contributed by atoms with E-state index in [2.05, 4.69) is 28.4 Å². The lowest BCUT2D eigenvalue weighted by molar-refractivity contribution is -0.222. The standard InChI is InChI=1S/C46H48ClF6IN8O7/c1-20-8-14-29(61(20)40(64)35(59-42(66)69-54)44(5,6)46(51,52)53)37-55-28-13-11-22-17-27-25-12-10-23(16-24(25)19-68-31(27)18-26(22)33(28)57-37)32-36(47)60-38(56-32)30-15-9-21(2)62(30)39(63)34(58-41(65)67-7)43(3,4)45(48,49)50/h10-13,16-18,20-21,29-30,34-35H,8-9,14-15,19H2,1-7H3,(H,55,57)(H,56,60)(H,58,65)(H,59,66)/t20-,21-,29-,30-,34+,35+/m0/s1. The molecule has 4 amide bonds. The summed E-state index contributed by atoms with van der Waals surface area (Å²) < 4.78 is 101. The summed E-state index contributed by atoms with van der Waals surface area (Å²) in [6.45, 7) is 7.00. The van der Waals surface area contributed by atoms with Crippen LogP contribution in [0.1, 0.15) is 96.5 Å². The number of alkyl carbamates (subject to hydrolysis) is 1. The number of H-pyrrole nitrogens is 2. The van der Waals surface area contributed by atoms with Gasteiger partial charge in [-0.2, -0.15) is 26.3 Å². The van der Waals surface area contributed by atoms with Crippen LogP contribution in [0.25, 0.3) is 44.2 Å². The minimum absolute atomic E-state index is 0.143. The van der Waals surface area contributed by atoms with Gasteiger partial charge < -0.3 is 42.9 Å². The molecule has 2 aromatic heterocycles. The van der Waals surface area contributed by atoms with Crippen molar-refractivity contribution in [1.82, 2.24) is 40.4 Å². The summed E-state index contributed by atoms with van der Waals surface area (Å²) in [5, 5.41) is 5.91. The highest BCUT2D eigenvalue weighted by Gasteiger charge is 2.59. The van der Waals surface area contributed by atoms with Gasteiger partial charge in [0.05, 0.1) is 41.1 Å². The van der Waals surface area contributed by atoms with Crippen molar-refractivity contribution < 1.29 is 58.1 Å². The van der Waals surface area contributed by atoms with Crippen LogP contribution in [0, 0.1) is 10.8 Å². The first-order valence-corrected chi connectivity index (χ1v) is 23.2. The summed E-state index contributed by atoms with van der Waals surface area (Å²) in [5.74, 6) is -0.669. The van der Waals surface area contributed by atoms with Gasteiger partial charge in [-0.1, -0.05) is 29.8 Å². The third kappa shape index (κ3) is 8.76. The highest BCUT2D eigenvalue weighted by Crippen LogP contribution is 2.48. The predicted molar refractivity (Wildman–Crippen MR) is 249 cm³/mol. The molecule has 370 valence electrons. The first-order valence-electron chi connectivity index (χ1n) is 22.0. The van der Waals surface area contributed by atoms with E-state index < -0.39 is 83.4 Å². The molecule has 4 N–H and O–H groups in total. The monoisotopic (exact) mass is 1100 g/mol. The van der Waals surface area contributed by atoms with E-state index in [-0.39, 0.29) is 17.6 Å². The van der Waals surface area contributed by atoms with Crippen LogP contribution >= 0.6 is 34.6 Å². The second kappa shape index (κ2) is 18.0. The lowest BCUT2D eigenvalue weighted by atomic mass is 9.82. The third-order valence-electron chi connectivity index (χ3n) is 14.0. The number of nitrogens with one attached hydrogen (secondary N) is 4. The van der Waals surface area contributed by atoms with E-state index in [1.165, 1.54) is 32.8 Å². The minimum atomic E-state index is -4.86. The first kappa shape index (κ1) is 49.9. The van der Waals surface area contributed by atoms with Crippen molar-refractivity contribution in [2.75, 3.05) is 7.11 Å². The molecule has 15 nitrogen and oxygen atoms in total. The van der Waals surface area contributed by atoms with Gasteiger partial charge in [-0.05, 0) is 108 Å². The molecule has 8 rings (SSSR count). The number of amides is 4. The number of fused-ring (bicyclic) bond motifs is 6. The van der Waals surface area contributed by atoms with Crippen LogP contribution in [0.3, 0.4) is 0 Å². The number of aromatic nitrogens is 4. The normalized spacial score (nSPS) is 20.6. The molecule has 3 aliphatic heterocycles. The topological polar surface area (TPSA) is 184 Å². The number of carbonyl (C=O) groups excluding carboxylic acids is 4. The highest BCUT2D eigenvalue weighted by atomic mass is 127. The second-order valence-electron chi connectivity index (χ2n) is 18.9. The van der Waals surface area contributed by atoms with E-state index in [9.17, 15) is 45.5 Å². The second-order valence-corrected chi connectivity index (χ2v) is 19.7. The van der Waals surface area contributed by atoms with Gasteiger partial charge in [0.25, 0.3) is 0 Å². The maximum Gasteiger partial charge on any atom is 0.417 e.